The number of nitrogens with one attached hydrogen (secondary N) is 11. The maximum absolute atomic E-state index is 15.2. The van der Waals surface area contributed by atoms with Crippen molar-refractivity contribution >= 4 is 137 Å². The molecule has 0 aliphatic carbocycles. The van der Waals surface area contributed by atoms with Gasteiger partial charge in [-0.15, -0.1) is 0 Å². The van der Waals surface area contributed by atoms with Gasteiger partial charge in [0.2, 0.25) is 65.0 Å². The lowest BCUT2D eigenvalue weighted by molar-refractivity contribution is -0.146. The average molecular weight is 1390 g/mol. The van der Waals surface area contributed by atoms with Gasteiger partial charge in [0.1, 0.15) is 66.5 Å². The number of aliphatic hydroxyl groups is 1. The Hall–Kier alpha value is -8.32. The molecule has 36 heteroatoms. The first kappa shape index (κ1) is 74.7. The van der Waals surface area contributed by atoms with Gasteiger partial charge < -0.3 is 95.6 Å². The van der Waals surface area contributed by atoms with E-state index in [4.69, 9.17) is 17.2 Å². The number of aromatic nitrogens is 1. The Morgan fingerprint density at radius 3 is 1.88 bits per heavy atom. The molecule has 3 saturated heterocycles. The second kappa shape index (κ2) is 36.9. The average Bonchev–Trinajstić information content (AvgIpc) is 1.59. The minimum Gasteiger partial charge on any atom is -0.481 e. The molecule has 0 saturated carbocycles. The van der Waals surface area contributed by atoms with Crippen LogP contribution < -0.4 is 70.4 Å². The third-order valence-corrected chi connectivity index (χ3v) is 20.3. The summed E-state index contributed by atoms with van der Waals surface area (Å²) >= 11 is 0. The number of aliphatic hydroxyl groups excluding tert-OH is 1. The van der Waals surface area contributed by atoms with Crippen molar-refractivity contribution < 1.29 is 77.6 Å². The van der Waals surface area contributed by atoms with Gasteiger partial charge in [0.05, 0.1) is 19.6 Å². The number of guanidine groups is 1. The van der Waals surface area contributed by atoms with Crippen LogP contribution in [0.25, 0.3) is 10.9 Å². The number of H-pyrrole nitrogens is 1. The Morgan fingerprint density at radius 2 is 1.23 bits per heavy atom. The van der Waals surface area contributed by atoms with Crippen molar-refractivity contribution in [3.05, 3.63) is 71.9 Å². The Bertz CT molecular complexity index is 3250. The van der Waals surface area contributed by atoms with Gasteiger partial charge in [-0.25, -0.2) is 4.79 Å². The highest BCUT2D eigenvalue weighted by Crippen LogP contribution is 2.27. The molecule has 3 aromatic rings. The van der Waals surface area contributed by atoms with E-state index >= 15 is 9.59 Å². The van der Waals surface area contributed by atoms with Gasteiger partial charge in [-0.1, -0.05) is 112 Å². The van der Waals surface area contributed by atoms with Crippen LogP contribution in [0.4, 0.5) is 0 Å². The van der Waals surface area contributed by atoms with Gasteiger partial charge in [-0.3, -0.25) is 62.5 Å². The van der Waals surface area contributed by atoms with Crippen LogP contribution in [0.1, 0.15) is 63.5 Å². The van der Waals surface area contributed by atoms with Crippen LogP contribution in [0.15, 0.2) is 65.8 Å². The maximum atomic E-state index is 15.2. The van der Waals surface area contributed by atoms with Crippen LogP contribution in [0, 0.1) is 5.92 Å². The highest BCUT2D eigenvalue weighted by atomic mass is 33.1. The lowest BCUT2D eigenvalue weighted by Crippen LogP contribution is -2.62. The lowest BCUT2D eigenvalue weighted by atomic mass is 9.96. The number of rotatable bonds is 16. The normalized spacial score (nSPS) is 26.0. The number of hydrogen-bond acceptors (Lipinski definition) is 20. The van der Waals surface area contributed by atoms with Crippen LogP contribution in [0.2, 0.25) is 0 Å². The number of aromatic amines is 1. The Kier molecular flexibility index (Phi) is 29.4. The number of benzene rings is 2. The van der Waals surface area contributed by atoms with Crippen molar-refractivity contribution in [2.24, 2.45) is 28.1 Å². The molecular weight excluding hydrogens is 1310 g/mol. The summed E-state index contributed by atoms with van der Waals surface area (Å²) in [7, 11) is 3.40. The molecule has 11 amide bonds. The number of nitrogens with two attached hydrogens (primary N) is 3. The third kappa shape index (κ3) is 22.2. The maximum Gasteiger partial charge on any atom is 0.327 e. The summed E-state index contributed by atoms with van der Waals surface area (Å²) in [6.07, 6.45) is 0.427. The molecule has 1 unspecified atom stereocenters. The molecule has 512 valence electrons. The number of carbonyl (C=O) groups is 13. The number of aliphatic imine (C=N–C) groups is 1. The summed E-state index contributed by atoms with van der Waals surface area (Å²) in [4.78, 5) is 193. The number of carbonyl (C=O) groups excluding carboxylic acids is 11. The minimum absolute atomic E-state index is 0.0166. The number of nitrogens with zero attached hydrogens (tertiary/aromatic N) is 2. The van der Waals surface area contributed by atoms with Gasteiger partial charge >= 0.3 is 11.9 Å². The quantitative estimate of drug-likeness (QED) is 0.0283. The highest BCUT2D eigenvalue weighted by molar-refractivity contribution is 8.77. The SMILES string of the molecule is CC[C@H](C)[C@@H]1NC(=O)[C@H](Cc2c[nH]c3ccccc23)NC(=O)[C@@H]2CSSC[C@H](NC(=O)CN)C(=O)N[C@@H](CSSC[C@@H](C(=O)O)NC(=O)[C@H](Cc3ccccc3)NC1=O)C(=O)N[C@@H](CO)C(=O)NC(CC(=O)O)C(=O)N1CCC[C@H]1C(=O)N[C@@H](CCCN=C(N)N)C(=O)N2. The predicted molar refractivity (Wildman–Crippen MR) is 351 cm³/mol. The standard InChI is InChI=1S/C58H80N16O16S4/c1-3-29(2)46-55(87)67-35(19-30-11-5-4-6-12-30)48(80)72-42(57(89)90)28-94-93-27-41-53(85)69-38(24-75)50(82)68-37(21-45(77)78)56(88)74-18-10-16-43(74)54(86)65-34(15-9-17-62-58(60)61)47(79)70-40(26-92-91-25-39(51(83)71-41)64-44(76)22-59)52(84)66-36(49(81)73-46)20-31-23-63-33-14-8-7-13-32(31)33/h4-8,11-14,23,29,34-43,46,63,75H,3,9-10,15-22,24-28,59H2,1-2H3,(H,64,76)(H,65,86)(H,66,84)(H,67,87)(H,68,82)(H,69,85)(H,70,79)(H,71,83)(H,72,80)(H,73,81)(H,77,78)(H,89,90)(H4,60,61,62)/t29-,34-,35-,36-,37?,38-,39-,40-,41-,42-,43-,46-/m0/s1. The van der Waals surface area contributed by atoms with E-state index in [9.17, 15) is 68.1 Å². The zero-order valence-corrected chi connectivity index (χ0v) is 54.7. The molecule has 2 bridgehead atoms. The second-order valence-electron chi connectivity index (χ2n) is 22.3. The molecule has 2 aromatic carbocycles. The number of hydrogen-bond donors (Lipinski definition) is 17. The number of amides is 11. The molecule has 20 N–H and O–H groups in total. The molecule has 3 aliphatic rings. The molecule has 1 aromatic heterocycles. The molecule has 3 fully saturated rings. The Labute approximate surface area is 555 Å². The van der Waals surface area contributed by atoms with E-state index in [1.807, 2.05) is 0 Å². The summed E-state index contributed by atoms with van der Waals surface area (Å²) in [5.74, 6) is -16.6. The van der Waals surface area contributed by atoms with E-state index in [2.05, 4.69) is 63.1 Å². The smallest absolute Gasteiger partial charge is 0.327 e. The van der Waals surface area contributed by atoms with E-state index in [-0.39, 0.29) is 75.5 Å². The van der Waals surface area contributed by atoms with Crippen molar-refractivity contribution in [3.8, 4) is 0 Å². The van der Waals surface area contributed by atoms with Crippen molar-refractivity contribution in [2.45, 2.75) is 132 Å². The van der Waals surface area contributed by atoms with E-state index in [0.717, 1.165) is 48.1 Å². The number of fused-ring (bicyclic) bond motifs is 10. The Balaban J connectivity index is 1.52. The molecule has 32 nitrogen and oxygen atoms in total. The van der Waals surface area contributed by atoms with Gasteiger partial charge in [0.25, 0.3) is 0 Å². The molecule has 6 rings (SSSR count). The third-order valence-electron chi connectivity index (χ3n) is 15.5. The monoisotopic (exact) mass is 1380 g/mol. The summed E-state index contributed by atoms with van der Waals surface area (Å²) in [5, 5.41) is 57.3. The van der Waals surface area contributed by atoms with Gasteiger partial charge in [0.15, 0.2) is 5.96 Å². The fraction of sp³-hybridized carbons (Fsp3) is 0.517. The second-order valence-corrected chi connectivity index (χ2v) is 27.4. The van der Waals surface area contributed by atoms with E-state index in [1.165, 1.54) is 0 Å². The first-order chi connectivity index (χ1) is 44.9. The van der Waals surface area contributed by atoms with Crippen molar-refractivity contribution in [1.82, 2.24) is 63.1 Å². The van der Waals surface area contributed by atoms with Crippen molar-refractivity contribution in [2.75, 3.05) is 49.3 Å². The molecule has 12 atom stereocenters. The van der Waals surface area contributed by atoms with Crippen molar-refractivity contribution in [3.63, 3.8) is 0 Å². The molecule has 0 radical (unpaired) electrons. The van der Waals surface area contributed by atoms with E-state index in [0.29, 0.717) is 22.0 Å². The molecular formula is C58H80N16O16S4. The van der Waals surface area contributed by atoms with Crippen LogP contribution in [0.5, 0.6) is 0 Å². The number of para-hydroxylation sites is 1. The molecule has 94 heavy (non-hydrogen) atoms. The Morgan fingerprint density at radius 1 is 0.660 bits per heavy atom. The molecule has 4 heterocycles. The highest BCUT2D eigenvalue weighted by Gasteiger charge is 2.42. The largest absolute Gasteiger partial charge is 0.481 e. The van der Waals surface area contributed by atoms with Crippen molar-refractivity contribution in [1.29, 1.82) is 0 Å². The van der Waals surface area contributed by atoms with Gasteiger partial charge in [0, 0.05) is 66.0 Å². The van der Waals surface area contributed by atoms with Gasteiger partial charge in [-0.05, 0) is 48.8 Å². The fourth-order valence-electron chi connectivity index (χ4n) is 10.2. The lowest BCUT2D eigenvalue weighted by Gasteiger charge is -2.31. The topological polar surface area (TPSA) is 512 Å². The van der Waals surface area contributed by atoms with Crippen LogP contribution >= 0.6 is 43.2 Å². The zero-order chi connectivity index (χ0) is 68.6. The van der Waals surface area contributed by atoms with Crippen LogP contribution in [-0.2, 0) is 75.2 Å². The summed E-state index contributed by atoms with van der Waals surface area (Å²) < 4.78 is 0. The number of carboxylic acids is 2. The zero-order valence-electron chi connectivity index (χ0n) is 51.4. The molecule has 3 aliphatic heterocycles. The predicted octanol–water partition coefficient (Wildman–Crippen LogP) is -3.81. The summed E-state index contributed by atoms with van der Waals surface area (Å²) in [6, 6.07) is -2.32. The summed E-state index contributed by atoms with van der Waals surface area (Å²) in [5.41, 5.74) is 18.6. The van der Waals surface area contributed by atoms with E-state index in [1.54, 1.807) is 74.6 Å². The van der Waals surface area contributed by atoms with Gasteiger partial charge in [-0.2, -0.15) is 0 Å². The molecule has 0 spiro atoms. The first-order valence-electron chi connectivity index (χ1n) is 30.1. The summed E-state index contributed by atoms with van der Waals surface area (Å²) in [6.45, 7) is 1.42. The van der Waals surface area contributed by atoms with Crippen LogP contribution in [-0.4, -0.2) is 224 Å². The minimum atomic E-state index is -1.95. The first-order valence-corrected chi connectivity index (χ1v) is 35.1. The fourth-order valence-corrected chi connectivity index (χ4v) is 14.8. The van der Waals surface area contributed by atoms with Crippen LogP contribution in [0.3, 0.4) is 0 Å². The van der Waals surface area contributed by atoms with E-state index < -0.39 is 180 Å². The number of aliphatic carboxylic acids is 2. The number of carboxylic acid groups (broad SMARTS) is 2.